The Morgan fingerprint density at radius 3 is 2.00 bits per heavy atom. The van der Waals surface area contributed by atoms with Crippen LogP contribution in [0.25, 0.3) is 21.9 Å². The minimum Gasteiger partial charge on any atom is -0.489 e. The minimum atomic E-state index is -0.103. The zero-order valence-electron chi connectivity index (χ0n) is 21.4. The molecule has 0 spiro atoms. The lowest BCUT2D eigenvalue weighted by Gasteiger charge is -2.20. The van der Waals surface area contributed by atoms with Crippen molar-refractivity contribution in [3.8, 4) is 22.6 Å². The number of fused-ring (bicyclic) bond motifs is 1. The first-order valence-electron chi connectivity index (χ1n) is 12.4. The van der Waals surface area contributed by atoms with Crippen LogP contribution in [0.3, 0.4) is 0 Å². The third-order valence-electron chi connectivity index (χ3n) is 6.34. The molecule has 0 bridgehead atoms. The fourth-order valence-corrected chi connectivity index (χ4v) is 4.61. The maximum absolute atomic E-state index is 13.3. The predicted molar refractivity (Wildman–Crippen MR) is 157 cm³/mol. The average Bonchev–Trinajstić information content (AvgIpc) is 2.95. The molecule has 0 unspecified atom stereocenters. The van der Waals surface area contributed by atoms with Crippen LogP contribution < -0.4 is 9.47 Å². The molecule has 0 aliphatic heterocycles. The Hall–Kier alpha value is -4.09. The molecule has 0 radical (unpaired) electrons. The summed E-state index contributed by atoms with van der Waals surface area (Å²) >= 11 is 3.51. The molecular formula is C33H28BrNO3. The number of amides is 1. The van der Waals surface area contributed by atoms with E-state index in [-0.39, 0.29) is 5.91 Å². The second-order valence-corrected chi connectivity index (χ2v) is 10.2. The second-order valence-electron chi connectivity index (χ2n) is 9.26. The van der Waals surface area contributed by atoms with Crippen LogP contribution in [0.4, 0.5) is 0 Å². The van der Waals surface area contributed by atoms with Crippen LogP contribution in [-0.4, -0.2) is 24.9 Å². The molecule has 5 aromatic rings. The largest absolute Gasteiger partial charge is 0.489 e. The normalized spacial score (nSPS) is 10.8. The molecule has 4 nitrogen and oxygen atoms in total. The molecule has 0 fully saturated rings. The number of carbonyl (C=O) groups excluding carboxylic acids is 1. The lowest BCUT2D eigenvalue weighted by Crippen LogP contribution is -2.22. The molecule has 0 heterocycles. The van der Waals surface area contributed by atoms with Crippen molar-refractivity contribution in [3.05, 3.63) is 130 Å². The highest BCUT2D eigenvalue weighted by Gasteiger charge is 2.21. The van der Waals surface area contributed by atoms with E-state index in [4.69, 9.17) is 9.47 Å². The van der Waals surface area contributed by atoms with Gasteiger partial charge in [0.1, 0.15) is 24.7 Å². The van der Waals surface area contributed by atoms with Gasteiger partial charge in [-0.3, -0.25) is 4.79 Å². The number of nitrogens with zero attached hydrogens (tertiary/aromatic N) is 1. The standard InChI is InChI=1S/C33H28BrNO3/c1-35(2)33(36)31-20-30(25-14-16-26(34)17-15-25)28-10-6-7-11-29(28)32(31)38-22-24-12-18-27(19-13-24)37-21-23-8-4-3-5-9-23/h3-20H,21-22H2,1-2H3. The van der Waals surface area contributed by atoms with Gasteiger partial charge in [0.2, 0.25) is 0 Å². The summed E-state index contributed by atoms with van der Waals surface area (Å²) in [6.45, 7) is 0.845. The first-order valence-corrected chi connectivity index (χ1v) is 13.2. The SMILES string of the molecule is CN(C)C(=O)c1cc(-c2ccc(Br)cc2)c2ccccc2c1OCc1ccc(OCc2ccccc2)cc1. The zero-order valence-corrected chi connectivity index (χ0v) is 22.9. The van der Waals surface area contributed by atoms with E-state index in [1.54, 1.807) is 19.0 Å². The molecule has 5 aromatic carbocycles. The fraction of sp³-hybridized carbons (Fsp3) is 0.121. The number of carbonyl (C=O) groups is 1. The summed E-state index contributed by atoms with van der Waals surface area (Å²) in [5.74, 6) is 1.28. The van der Waals surface area contributed by atoms with Crippen molar-refractivity contribution in [2.75, 3.05) is 14.1 Å². The Morgan fingerprint density at radius 2 is 1.32 bits per heavy atom. The van der Waals surface area contributed by atoms with Gasteiger partial charge in [-0.15, -0.1) is 0 Å². The smallest absolute Gasteiger partial charge is 0.257 e. The van der Waals surface area contributed by atoms with Crippen LogP contribution in [0.1, 0.15) is 21.5 Å². The lowest BCUT2D eigenvalue weighted by atomic mass is 9.94. The van der Waals surface area contributed by atoms with E-state index in [0.717, 1.165) is 43.2 Å². The quantitative estimate of drug-likeness (QED) is 0.190. The average molecular weight is 566 g/mol. The van der Waals surface area contributed by atoms with Crippen LogP contribution >= 0.6 is 15.9 Å². The topological polar surface area (TPSA) is 38.8 Å². The summed E-state index contributed by atoms with van der Waals surface area (Å²) in [5.41, 5.74) is 4.67. The molecule has 0 N–H and O–H groups in total. The van der Waals surface area contributed by atoms with Gasteiger partial charge in [-0.2, -0.15) is 0 Å². The maximum atomic E-state index is 13.3. The Morgan fingerprint density at radius 1 is 0.711 bits per heavy atom. The highest BCUT2D eigenvalue weighted by atomic mass is 79.9. The van der Waals surface area contributed by atoms with Gasteiger partial charge < -0.3 is 14.4 Å². The monoisotopic (exact) mass is 565 g/mol. The van der Waals surface area contributed by atoms with Crippen molar-refractivity contribution >= 4 is 32.6 Å². The summed E-state index contributed by atoms with van der Waals surface area (Å²) in [7, 11) is 3.52. The lowest BCUT2D eigenvalue weighted by molar-refractivity contribution is 0.0823. The van der Waals surface area contributed by atoms with Crippen molar-refractivity contribution in [3.63, 3.8) is 0 Å². The molecule has 1 amide bonds. The molecule has 38 heavy (non-hydrogen) atoms. The van der Waals surface area contributed by atoms with Crippen molar-refractivity contribution in [1.82, 2.24) is 4.90 Å². The molecule has 5 rings (SSSR count). The first kappa shape index (κ1) is 25.6. The van der Waals surface area contributed by atoms with E-state index in [2.05, 4.69) is 34.1 Å². The van der Waals surface area contributed by atoms with E-state index in [1.165, 1.54) is 0 Å². The van der Waals surface area contributed by atoms with Gasteiger partial charge in [0.15, 0.2) is 0 Å². The van der Waals surface area contributed by atoms with Gasteiger partial charge in [-0.1, -0.05) is 94.8 Å². The van der Waals surface area contributed by atoms with E-state index >= 15 is 0 Å². The Labute approximate surface area is 231 Å². The van der Waals surface area contributed by atoms with Crippen LogP contribution in [0, 0.1) is 0 Å². The fourth-order valence-electron chi connectivity index (χ4n) is 4.35. The second kappa shape index (κ2) is 11.5. The summed E-state index contributed by atoms with van der Waals surface area (Å²) in [5, 5.41) is 1.94. The van der Waals surface area contributed by atoms with Crippen LogP contribution in [0.2, 0.25) is 0 Å². The number of ether oxygens (including phenoxy) is 2. The predicted octanol–water partition coefficient (Wildman–Crippen LogP) is 8.13. The summed E-state index contributed by atoms with van der Waals surface area (Å²) in [4.78, 5) is 14.9. The van der Waals surface area contributed by atoms with E-state index in [0.29, 0.717) is 24.5 Å². The van der Waals surface area contributed by atoms with Gasteiger partial charge in [0, 0.05) is 24.0 Å². The van der Waals surface area contributed by atoms with E-state index < -0.39 is 0 Å². The highest BCUT2D eigenvalue weighted by Crippen LogP contribution is 2.39. The number of hydrogen-bond acceptors (Lipinski definition) is 3. The van der Waals surface area contributed by atoms with Gasteiger partial charge in [0.05, 0.1) is 5.56 Å². The highest BCUT2D eigenvalue weighted by molar-refractivity contribution is 9.10. The molecule has 0 aliphatic carbocycles. The summed E-state index contributed by atoms with van der Waals surface area (Å²) in [6, 6.07) is 36.1. The molecule has 0 atom stereocenters. The number of rotatable bonds is 8. The molecular weight excluding hydrogens is 538 g/mol. The minimum absolute atomic E-state index is 0.103. The molecule has 190 valence electrons. The van der Waals surface area contributed by atoms with Crippen LogP contribution in [0.15, 0.2) is 114 Å². The molecule has 0 saturated carbocycles. The van der Waals surface area contributed by atoms with Gasteiger partial charge in [-0.05, 0) is 58.0 Å². The Balaban J connectivity index is 1.44. The third kappa shape index (κ3) is 5.74. The van der Waals surface area contributed by atoms with Gasteiger partial charge in [0.25, 0.3) is 5.91 Å². The third-order valence-corrected chi connectivity index (χ3v) is 6.87. The first-order chi connectivity index (χ1) is 18.5. The molecule has 0 aliphatic rings. The van der Waals surface area contributed by atoms with Crippen LogP contribution in [0.5, 0.6) is 11.5 Å². The molecule has 5 heteroatoms. The van der Waals surface area contributed by atoms with Gasteiger partial charge >= 0.3 is 0 Å². The summed E-state index contributed by atoms with van der Waals surface area (Å²) in [6.07, 6.45) is 0. The number of benzene rings is 5. The van der Waals surface area contributed by atoms with E-state index in [1.807, 2.05) is 91.0 Å². The van der Waals surface area contributed by atoms with Gasteiger partial charge in [-0.25, -0.2) is 0 Å². The number of hydrogen-bond donors (Lipinski definition) is 0. The Kier molecular flexibility index (Phi) is 7.75. The van der Waals surface area contributed by atoms with E-state index in [9.17, 15) is 4.79 Å². The number of halogens is 1. The molecule has 0 saturated heterocycles. The van der Waals surface area contributed by atoms with Crippen molar-refractivity contribution in [2.45, 2.75) is 13.2 Å². The Bertz CT molecular complexity index is 1550. The maximum Gasteiger partial charge on any atom is 0.257 e. The van der Waals surface area contributed by atoms with Crippen molar-refractivity contribution in [1.29, 1.82) is 0 Å². The van der Waals surface area contributed by atoms with Crippen LogP contribution in [-0.2, 0) is 13.2 Å². The molecule has 0 aromatic heterocycles. The zero-order chi connectivity index (χ0) is 26.5. The summed E-state index contributed by atoms with van der Waals surface area (Å²) < 4.78 is 13.3. The van der Waals surface area contributed by atoms with Crippen molar-refractivity contribution < 1.29 is 14.3 Å². The van der Waals surface area contributed by atoms with Crippen molar-refractivity contribution in [2.24, 2.45) is 0 Å².